The van der Waals surface area contributed by atoms with Crippen molar-refractivity contribution in [3.63, 3.8) is 0 Å². The molecule has 0 aliphatic carbocycles. The van der Waals surface area contributed by atoms with Crippen molar-refractivity contribution in [1.82, 2.24) is 15.1 Å². The molecule has 0 unspecified atom stereocenters. The highest BCUT2D eigenvalue weighted by molar-refractivity contribution is 7.20. The third-order valence-corrected chi connectivity index (χ3v) is 6.23. The number of thiophene rings is 1. The molecule has 1 N–H and O–H groups in total. The summed E-state index contributed by atoms with van der Waals surface area (Å²) in [6, 6.07) is 19.6. The van der Waals surface area contributed by atoms with Crippen LogP contribution in [0.4, 0.5) is 0 Å². The Morgan fingerprint density at radius 1 is 1.06 bits per heavy atom. The van der Waals surface area contributed by atoms with Gasteiger partial charge in [0.2, 0.25) is 0 Å². The minimum atomic E-state index is -0.487. The lowest BCUT2D eigenvalue weighted by Gasteiger charge is -2.08. The summed E-state index contributed by atoms with van der Waals surface area (Å²) in [5, 5.41) is 8.41. The van der Waals surface area contributed by atoms with Gasteiger partial charge < -0.3 is 10.1 Å². The number of carbonyl (C=O) groups is 2. The predicted octanol–water partition coefficient (Wildman–Crippen LogP) is 4.24. The largest absolute Gasteiger partial charge is 0.451 e. The van der Waals surface area contributed by atoms with Crippen LogP contribution in [-0.2, 0) is 22.6 Å². The van der Waals surface area contributed by atoms with E-state index in [-0.39, 0.29) is 12.5 Å². The van der Waals surface area contributed by atoms with Gasteiger partial charge in [0.05, 0.1) is 12.2 Å². The second-order valence-electron chi connectivity index (χ2n) is 7.29. The smallest absolute Gasteiger partial charge is 0.348 e. The fraction of sp³-hybridized carbons (Fsp3) is 0.208. The Morgan fingerprint density at radius 3 is 2.58 bits per heavy atom. The molecular formula is C24H23N3O3S. The second kappa shape index (κ2) is 9.14. The first-order valence-corrected chi connectivity index (χ1v) is 10.8. The van der Waals surface area contributed by atoms with Gasteiger partial charge in [-0.15, -0.1) is 11.3 Å². The predicted molar refractivity (Wildman–Crippen MR) is 121 cm³/mol. The van der Waals surface area contributed by atoms with Crippen molar-refractivity contribution in [3.05, 3.63) is 88.1 Å². The fourth-order valence-corrected chi connectivity index (χ4v) is 4.38. The topological polar surface area (TPSA) is 73.2 Å². The van der Waals surface area contributed by atoms with Crippen LogP contribution in [0.15, 0.2) is 60.7 Å². The molecule has 0 saturated heterocycles. The number of aryl methyl sites for hydroxylation is 1. The van der Waals surface area contributed by atoms with Gasteiger partial charge >= 0.3 is 5.97 Å². The van der Waals surface area contributed by atoms with Gasteiger partial charge in [-0.2, -0.15) is 5.10 Å². The zero-order chi connectivity index (χ0) is 21.8. The number of fused-ring (bicyclic) bond motifs is 1. The Labute approximate surface area is 184 Å². The first kappa shape index (κ1) is 20.8. The van der Waals surface area contributed by atoms with Crippen molar-refractivity contribution in [1.29, 1.82) is 0 Å². The van der Waals surface area contributed by atoms with Crippen LogP contribution in [-0.4, -0.2) is 28.3 Å². The average Bonchev–Trinajstić information content (AvgIpc) is 3.32. The highest BCUT2D eigenvalue weighted by atomic mass is 32.1. The van der Waals surface area contributed by atoms with Crippen molar-refractivity contribution in [3.8, 4) is 0 Å². The van der Waals surface area contributed by atoms with E-state index in [9.17, 15) is 9.59 Å². The molecule has 0 bridgehead atoms. The molecule has 0 radical (unpaired) electrons. The molecule has 0 atom stereocenters. The monoisotopic (exact) mass is 433 g/mol. The van der Waals surface area contributed by atoms with E-state index in [1.807, 2.05) is 61.0 Å². The SMILES string of the molecule is Cc1nn(Cc2ccccc2)c(C)c1CNC(=O)COC(=O)c1cc2ccccc2s1. The molecule has 0 aliphatic heterocycles. The number of nitrogens with one attached hydrogen (secondary N) is 1. The summed E-state index contributed by atoms with van der Waals surface area (Å²) in [4.78, 5) is 25.0. The molecule has 7 heteroatoms. The molecule has 1 amide bonds. The number of hydrogen-bond donors (Lipinski definition) is 1. The standard InChI is InChI=1S/C24H23N3O3S/c1-16-20(17(2)27(26-16)14-18-8-4-3-5-9-18)13-25-23(28)15-30-24(29)22-12-19-10-6-7-11-21(19)31-22/h3-12H,13-15H2,1-2H3,(H,25,28). The van der Waals surface area contributed by atoms with Gasteiger partial charge in [0.1, 0.15) is 4.88 Å². The van der Waals surface area contributed by atoms with Gasteiger partial charge in [-0.05, 0) is 36.9 Å². The van der Waals surface area contributed by atoms with Crippen LogP contribution in [0.5, 0.6) is 0 Å². The lowest BCUT2D eigenvalue weighted by atomic mass is 10.2. The highest BCUT2D eigenvalue weighted by Crippen LogP contribution is 2.25. The van der Waals surface area contributed by atoms with E-state index in [0.29, 0.717) is 18.0 Å². The number of ether oxygens (including phenoxy) is 1. The Kier molecular flexibility index (Phi) is 6.13. The first-order valence-electron chi connectivity index (χ1n) is 10.0. The van der Waals surface area contributed by atoms with Crippen LogP contribution in [0, 0.1) is 13.8 Å². The van der Waals surface area contributed by atoms with E-state index in [0.717, 1.165) is 32.6 Å². The minimum Gasteiger partial charge on any atom is -0.451 e. The molecule has 4 aromatic rings. The first-order chi connectivity index (χ1) is 15.0. The Balaban J connectivity index is 1.32. The molecule has 2 aromatic carbocycles. The summed E-state index contributed by atoms with van der Waals surface area (Å²) in [6.45, 7) is 4.62. The number of hydrogen-bond acceptors (Lipinski definition) is 5. The molecule has 0 spiro atoms. The lowest BCUT2D eigenvalue weighted by molar-refractivity contribution is -0.124. The van der Waals surface area contributed by atoms with Gasteiger partial charge in [0.15, 0.2) is 6.61 Å². The number of amides is 1. The molecule has 2 aromatic heterocycles. The third-order valence-electron chi connectivity index (χ3n) is 5.13. The van der Waals surface area contributed by atoms with Gasteiger partial charge in [0, 0.05) is 22.5 Å². The van der Waals surface area contributed by atoms with Crippen LogP contribution >= 0.6 is 11.3 Å². The molecule has 0 saturated carbocycles. The van der Waals surface area contributed by atoms with E-state index in [4.69, 9.17) is 4.74 Å². The summed E-state index contributed by atoms with van der Waals surface area (Å²) >= 11 is 1.36. The van der Waals surface area contributed by atoms with Crippen molar-refractivity contribution in [2.45, 2.75) is 26.9 Å². The molecule has 6 nitrogen and oxygen atoms in total. The third kappa shape index (κ3) is 4.83. The molecule has 0 fully saturated rings. The van der Waals surface area contributed by atoms with Crippen LogP contribution in [0.3, 0.4) is 0 Å². The molecule has 158 valence electrons. The van der Waals surface area contributed by atoms with Gasteiger partial charge in [-0.1, -0.05) is 48.5 Å². The summed E-state index contributed by atoms with van der Waals surface area (Å²) < 4.78 is 8.14. The molecule has 0 aliphatic rings. The number of esters is 1. The molecule has 2 heterocycles. The number of benzene rings is 2. The summed E-state index contributed by atoms with van der Waals surface area (Å²) in [6.07, 6.45) is 0. The summed E-state index contributed by atoms with van der Waals surface area (Å²) in [5.41, 5.74) is 4.01. The normalized spacial score (nSPS) is 10.9. The minimum absolute atomic E-state index is 0.316. The zero-order valence-electron chi connectivity index (χ0n) is 17.4. The maximum atomic E-state index is 12.3. The number of aromatic nitrogens is 2. The number of rotatable bonds is 7. The average molecular weight is 434 g/mol. The number of carbonyl (C=O) groups excluding carboxylic acids is 2. The Bertz CT molecular complexity index is 1190. The van der Waals surface area contributed by atoms with Crippen LogP contribution in [0.1, 0.15) is 32.2 Å². The van der Waals surface area contributed by atoms with E-state index in [1.54, 1.807) is 6.07 Å². The van der Waals surface area contributed by atoms with Crippen LogP contribution in [0.2, 0.25) is 0 Å². The summed E-state index contributed by atoms with van der Waals surface area (Å²) in [7, 11) is 0. The Morgan fingerprint density at radius 2 is 1.81 bits per heavy atom. The quantitative estimate of drug-likeness (QED) is 0.443. The van der Waals surface area contributed by atoms with Crippen molar-refractivity contribution >= 4 is 33.3 Å². The van der Waals surface area contributed by atoms with Crippen molar-refractivity contribution < 1.29 is 14.3 Å². The fourth-order valence-electron chi connectivity index (χ4n) is 3.42. The molecular weight excluding hydrogens is 410 g/mol. The van der Waals surface area contributed by atoms with Gasteiger partial charge in [-0.3, -0.25) is 9.48 Å². The van der Waals surface area contributed by atoms with E-state index in [1.165, 1.54) is 11.3 Å². The Hall–Kier alpha value is -3.45. The van der Waals surface area contributed by atoms with E-state index in [2.05, 4.69) is 22.5 Å². The molecule has 4 rings (SSSR count). The maximum Gasteiger partial charge on any atom is 0.348 e. The van der Waals surface area contributed by atoms with Crippen LogP contribution in [0.25, 0.3) is 10.1 Å². The summed E-state index contributed by atoms with van der Waals surface area (Å²) in [5.74, 6) is -0.830. The van der Waals surface area contributed by atoms with Crippen LogP contribution < -0.4 is 5.32 Å². The van der Waals surface area contributed by atoms with Gasteiger partial charge in [0.25, 0.3) is 5.91 Å². The lowest BCUT2D eigenvalue weighted by Crippen LogP contribution is -2.28. The maximum absolute atomic E-state index is 12.3. The highest BCUT2D eigenvalue weighted by Gasteiger charge is 2.15. The second-order valence-corrected chi connectivity index (χ2v) is 8.38. The van der Waals surface area contributed by atoms with Gasteiger partial charge in [-0.25, -0.2) is 4.79 Å². The zero-order valence-corrected chi connectivity index (χ0v) is 18.2. The molecule has 31 heavy (non-hydrogen) atoms. The van der Waals surface area contributed by atoms with Crippen molar-refractivity contribution in [2.24, 2.45) is 0 Å². The van der Waals surface area contributed by atoms with E-state index >= 15 is 0 Å². The number of nitrogens with zero attached hydrogens (tertiary/aromatic N) is 2. The van der Waals surface area contributed by atoms with E-state index < -0.39 is 5.97 Å². The van der Waals surface area contributed by atoms with Crippen molar-refractivity contribution in [2.75, 3.05) is 6.61 Å².